The Kier molecular flexibility index (Phi) is 11.0. The van der Waals surface area contributed by atoms with Gasteiger partial charge in [-0.1, -0.05) is 43.4 Å². The van der Waals surface area contributed by atoms with Gasteiger partial charge in [-0.3, -0.25) is 19.4 Å². The second kappa shape index (κ2) is 14.4. The molecule has 1 atom stereocenters. The summed E-state index contributed by atoms with van der Waals surface area (Å²) >= 11 is 0. The molecule has 1 N–H and O–H groups in total. The van der Waals surface area contributed by atoms with E-state index in [1.54, 1.807) is 31.5 Å². The van der Waals surface area contributed by atoms with E-state index in [0.717, 1.165) is 19.3 Å². The van der Waals surface area contributed by atoms with Crippen LogP contribution in [0.15, 0.2) is 70.5 Å². The SMILES string of the molecule is CC/C=C(\C=C/C(C)OC)NC(=O)C1=CCCC=C1N=CCCN1CC(=O)c2cccc(OC(C)C)c2C1=O. The molecule has 0 bridgehead atoms. The molecule has 39 heavy (non-hydrogen) atoms. The number of hydrogen-bond acceptors (Lipinski definition) is 6. The van der Waals surface area contributed by atoms with Crippen molar-refractivity contribution in [2.24, 2.45) is 4.99 Å². The van der Waals surface area contributed by atoms with Crippen molar-refractivity contribution in [3.63, 3.8) is 0 Å². The third kappa shape index (κ3) is 8.10. The molecule has 1 aliphatic carbocycles. The Balaban J connectivity index is 1.65. The van der Waals surface area contributed by atoms with Gasteiger partial charge in [0.05, 0.1) is 35.6 Å². The molecule has 2 amide bonds. The molecule has 2 aliphatic rings. The maximum absolute atomic E-state index is 13.2. The second-order valence-corrected chi connectivity index (χ2v) is 9.70. The van der Waals surface area contributed by atoms with Gasteiger partial charge in [-0.2, -0.15) is 0 Å². The Hall–Kier alpha value is -3.78. The zero-order valence-corrected chi connectivity index (χ0v) is 23.5. The van der Waals surface area contributed by atoms with Crippen LogP contribution in [0.2, 0.25) is 0 Å². The van der Waals surface area contributed by atoms with Crippen LogP contribution in [0.4, 0.5) is 0 Å². The molecule has 1 unspecified atom stereocenters. The summed E-state index contributed by atoms with van der Waals surface area (Å²) in [7, 11) is 1.63. The highest BCUT2D eigenvalue weighted by atomic mass is 16.5. The number of allylic oxidation sites excluding steroid dienone is 4. The Morgan fingerprint density at radius 1 is 1.18 bits per heavy atom. The van der Waals surface area contributed by atoms with Gasteiger partial charge >= 0.3 is 0 Å². The minimum atomic E-state index is -0.225. The molecule has 8 heteroatoms. The van der Waals surface area contributed by atoms with E-state index in [4.69, 9.17) is 9.47 Å². The van der Waals surface area contributed by atoms with Gasteiger partial charge in [0, 0.05) is 37.6 Å². The normalized spacial score (nSPS) is 17.0. The standard InChI is InChI=1S/C31H39N3O5/c1-6-11-23(17-16-22(4)38-5)33-30(36)24-12-7-8-14-26(24)32-18-10-19-34-20-27(35)25-13-9-15-28(39-21(2)3)29(25)31(34)37/h9,11-18,21-22H,6-8,10,19-20H2,1-5H3,(H,33,36)/b17-16-,23-11+,32-18?. The number of hydrogen-bond donors (Lipinski definition) is 1. The molecule has 1 aliphatic heterocycles. The average molecular weight is 534 g/mol. The van der Waals surface area contributed by atoms with Gasteiger partial charge in [-0.05, 0) is 52.2 Å². The number of aliphatic imine (C=N–C) groups is 1. The molecular formula is C31H39N3O5. The topological polar surface area (TPSA) is 97.3 Å². The summed E-state index contributed by atoms with van der Waals surface area (Å²) in [5.41, 5.74) is 2.54. The van der Waals surface area contributed by atoms with E-state index in [-0.39, 0.29) is 36.4 Å². The number of carbonyl (C=O) groups is 3. The molecule has 0 fully saturated rings. The van der Waals surface area contributed by atoms with Crippen LogP contribution >= 0.6 is 0 Å². The molecule has 0 saturated carbocycles. The lowest BCUT2D eigenvalue weighted by Gasteiger charge is -2.28. The van der Waals surface area contributed by atoms with E-state index in [1.165, 1.54) is 4.90 Å². The predicted molar refractivity (Wildman–Crippen MR) is 153 cm³/mol. The highest BCUT2D eigenvalue weighted by Crippen LogP contribution is 2.29. The first-order chi connectivity index (χ1) is 18.7. The maximum atomic E-state index is 13.2. The van der Waals surface area contributed by atoms with E-state index in [1.807, 2.05) is 58.1 Å². The monoisotopic (exact) mass is 533 g/mol. The van der Waals surface area contributed by atoms with Crippen molar-refractivity contribution in [3.8, 4) is 5.75 Å². The van der Waals surface area contributed by atoms with Crippen molar-refractivity contribution in [3.05, 3.63) is 76.7 Å². The van der Waals surface area contributed by atoms with E-state index in [2.05, 4.69) is 10.3 Å². The summed E-state index contributed by atoms with van der Waals surface area (Å²) in [4.78, 5) is 45.2. The summed E-state index contributed by atoms with van der Waals surface area (Å²) < 4.78 is 11.1. The first-order valence-electron chi connectivity index (χ1n) is 13.5. The van der Waals surface area contributed by atoms with Crippen LogP contribution in [0.1, 0.15) is 74.1 Å². The van der Waals surface area contributed by atoms with Crippen molar-refractivity contribution in [1.29, 1.82) is 0 Å². The smallest absolute Gasteiger partial charge is 0.258 e. The van der Waals surface area contributed by atoms with Crippen molar-refractivity contribution in [1.82, 2.24) is 10.2 Å². The number of Topliss-reactive ketones (excluding diaryl/α,β-unsaturated/α-hetero) is 1. The average Bonchev–Trinajstić information content (AvgIpc) is 2.92. The zero-order chi connectivity index (χ0) is 28.4. The van der Waals surface area contributed by atoms with Crippen LogP contribution in [0.25, 0.3) is 0 Å². The molecule has 1 aromatic carbocycles. The lowest BCUT2D eigenvalue weighted by molar-refractivity contribution is -0.116. The van der Waals surface area contributed by atoms with Crippen LogP contribution in [-0.2, 0) is 9.53 Å². The number of methoxy groups -OCH3 is 1. The van der Waals surface area contributed by atoms with Crippen molar-refractivity contribution in [2.75, 3.05) is 20.2 Å². The zero-order valence-electron chi connectivity index (χ0n) is 23.5. The van der Waals surface area contributed by atoms with Crippen molar-refractivity contribution < 1.29 is 23.9 Å². The Morgan fingerprint density at radius 2 is 1.95 bits per heavy atom. The Labute approximate surface area is 231 Å². The molecule has 208 valence electrons. The minimum absolute atomic E-state index is 0.0167. The lowest BCUT2D eigenvalue weighted by atomic mass is 9.96. The molecule has 3 rings (SSSR count). The van der Waals surface area contributed by atoms with Gasteiger partial charge in [-0.15, -0.1) is 0 Å². The lowest BCUT2D eigenvalue weighted by Crippen LogP contribution is -2.42. The fraction of sp³-hybridized carbons (Fsp3) is 0.419. The summed E-state index contributed by atoms with van der Waals surface area (Å²) in [6.07, 6.45) is 13.8. The second-order valence-electron chi connectivity index (χ2n) is 9.70. The summed E-state index contributed by atoms with van der Waals surface area (Å²) in [5, 5.41) is 2.97. The first-order valence-corrected chi connectivity index (χ1v) is 13.5. The number of carbonyl (C=O) groups excluding carboxylic acids is 3. The number of rotatable bonds is 12. The molecule has 0 spiro atoms. The molecular weight excluding hydrogens is 494 g/mol. The minimum Gasteiger partial charge on any atom is -0.490 e. The fourth-order valence-electron chi connectivity index (χ4n) is 4.27. The summed E-state index contributed by atoms with van der Waals surface area (Å²) in [6, 6.07) is 5.13. The molecule has 0 radical (unpaired) electrons. The number of amides is 2. The van der Waals surface area contributed by atoms with Crippen LogP contribution in [-0.4, -0.2) is 61.1 Å². The van der Waals surface area contributed by atoms with Gasteiger partial charge in [0.2, 0.25) is 0 Å². The molecule has 0 saturated heterocycles. The fourth-order valence-corrected chi connectivity index (χ4v) is 4.27. The summed E-state index contributed by atoms with van der Waals surface area (Å²) in [5.74, 6) is -0.135. The van der Waals surface area contributed by atoms with Gasteiger partial charge in [0.15, 0.2) is 5.78 Å². The molecule has 1 heterocycles. The third-order valence-electron chi connectivity index (χ3n) is 6.26. The van der Waals surface area contributed by atoms with Gasteiger partial charge in [-0.25, -0.2) is 0 Å². The number of nitrogens with one attached hydrogen (secondary N) is 1. The number of fused-ring (bicyclic) bond motifs is 1. The highest BCUT2D eigenvalue weighted by molar-refractivity contribution is 6.15. The maximum Gasteiger partial charge on any atom is 0.258 e. The number of nitrogens with zero attached hydrogens (tertiary/aromatic N) is 2. The molecule has 1 aromatic rings. The van der Waals surface area contributed by atoms with Crippen LogP contribution in [0, 0.1) is 0 Å². The number of ketones is 1. The molecule has 0 aromatic heterocycles. The van der Waals surface area contributed by atoms with Crippen molar-refractivity contribution in [2.45, 2.75) is 65.6 Å². The first kappa shape index (κ1) is 29.8. The van der Waals surface area contributed by atoms with Crippen LogP contribution in [0.5, 0.6) is 5.75 Å². The van der Waals surface area contributed by atoms with Gasteiger partial charge < -0.3 is 19.7 Å². The number of benzene rings is 1. The van der Waals surface area contributed by atoms with Gasteiger partial charge in [0.25, 0.3) is 11.8 Å². The predicted octanol–water partition coefficient (Wildman–Crippen LogP) is 5.18. The van der Waals surface area contributed by atoms with Crippen molar-refractivity contribution >= 4 is 23.8 Å². The summed E-state index contributed by atoms with van der Waals surface area (Å²) in [6.45, 7) is 8.03. The van der Waals surface area contributed by atoms with Crippen LogP contribution in [0.3, 0.4) is 0 Å². The van der Waals surface area contributed by atoms with E-state index < -0.39 is 0 Å². The quantitative estimate of drug-likeness (QED) is 0.295. The van der Waals surface area contributed by atoms with E-state index in [9.17, 15) is 14.4 Å². The van der Waals surface area contributed by atoms with Crippen LogP contribution < -0.4 is 10.1 Å². The number of ether oxygens (including phenoxy) is 2. The Morgan fingerprint density at radius 3 is 2.67 bits per heavy atom. The molecule has 8 nitrogen and oxygen atoms in total. The van der Waals surface area contributed by atoms with E-state index in [0.29, 0.717) is 46.8 Å². The Bertz CT molecular complexity index is 1220. The third-order valence-corrected chi connectivity index (χ3v) is 6.26. The highest BCUT2D eigenvalue weighted by Gasteiger charge is 2.32. The van der Waals surface area contributed by atoms with E-state index >= 15 is 0 Å². The largest absolute Gasteiger partial charge is 0.490 e. The van der Waals surface area contributed by atoms with Gasteiger partial charge in [0.1, 0.15) is 5.75 Å².